The summed E-state index contributed by atoms with van der Waals surface area (Å²) in [7, 11) is 0. The van der Waals surface area contributed by atoms with E-state index in [9.17, 15) is 9.18 Å². The fourth-order valence-corrected chi connectivity index (χ4v) is 3.48. The lowest BCUT2D eigenvalue weighted by Gasteiger charge is -2.33. The molecular formula is C19H25FN4O. The molecule has 2 heterocycles. The summed E-state index contributed by atoms with van der Waals surface area (Å²) in [6, 6.07) is 6.82. The zero-order valence-electron chi connectivity index (χ0n) is 14.9. The minimum Gasteiger partial charge on any atom is -0.342 e. The summed E-state index contributed by atoms with van der Waals surface area (Å²) in [5, 5.41) is 8.26. The lowest BCUT2D eigenvalue weighted by molar-refractivity contribution is -0.132. The van der Waals surface area contributed by atoms with Gasteiger partial charge in [-0.25, -0.2) is 4.39 Å². The van der Waals surface area contributed by atoms with E-state index >= 15 is 0 Å². The highest BCUT2D eigenvalue weighted by Gasteiger charge is 2.25. The second-order valence-corrected chi connectivity index (χ2v) is 7.07. The van der Waals surface area contributed by atoms with Gasteiger partial charge < -0.3 is 9.47 Å². The monoisotopic (exact) mass is 344 g/mol. The van der Waals surface area contributed by atoms with E-state index in [1.54, 1.807) is 24.5 Å². The maximum Gasteiger partial charge on any atom is 0.227 e. The van der Waals surface area contributed by atoms with Gasteiger partial charge in [-0.15, -0.1) is 10.2 Å². The minimum absolute atomic E-state index is 0.000117. The molecule has 25 heavy (non-hydrogen) atoms. The molecule has 1 aromatic carbocycles. The number of piperidine rings is 1. The van der Waals surface area contributed by atoms with E-state index in [0.717, 1.165) is 31.6 Å². The predicted molar refractivity (Wildman–Crippen MR) is 93.5 cm³/mol. The van der Waals surface area contributed by atoms with Crippen molar-refractivity contribution in [2.24, 2.45) is 5.92 Å². The first kappa shape index (κ1) is 17.6. The van der Waals surface area contributed by atoms with E-state index in [-0.39, 0.29) is 18.1 Å². The number of aromatic nitrogens is 3. The van der Waals surface area contributed by atoms with E-state index in [2.05, 4.69) is 28.6 Å². The SMILES string of the molecule is CC(C)n1cnnc1CC1CCCN(C(=O)Cc2ccccc2F)C1. The zero-order chi connectivity index (χ0) is 17.8. The number of rotatable bonds is 5. The third kappa shape index (κ3) is 4.24. The molecule has 0 bridgehead atoms. The van der Waals surface area contributed by atoms with Gasteiger partial charge in [0.2, 0.25) is 5.91 Å². The van der Waals surface area contributed by atoms with Crippen LogP contribution in [0.1, 0.15) is 44.1 Å². The topological polar surface area (TPSA) is 51.0 Å². The molecule has 6 heteroatoms. The second kappa shape index (κ2) is 7.76. The van der Waals surface area contributed by atoms with Gasteiger partial charge in [-0.05, 0) is 44.2 Å². The molecule has 1 aromatic heterocycles. The summed E-state index contributed by atoms with van der Waals surface area (Å²) < 4.78 is 15.9. The summed E-state index contributed by atoms with van der Waals surface area (Å²) >= 11 is 0. The van der Waals surface area contributed by atoms with E-state index in [0.29, 0.717) is 24.1 Å². The highest BCUT2D eigenvalue weighted by atomic mass is 19.1. The van der Waals surface area contributed by atoms with Crippen LogP contribution in [0.15, 0.2) is 30.6 Å². The van der Waals surface area contributed by atoms with Gasteiger partial charge in [-0.1, -0.05) is 18.2 Å². The third-order valence-corrected chi connectivity index (χ3v) is 4.85. The Labute approximate surface area is 147 Å². The van der Waals surface area contributed by atoms with Gasteiger partial charge >= 0.3 is 0 Å². The first-order chi connectivity index (χ1) is 12.0. The average molecular weight is 344 g/mol. The van der Waals surface area contributed by atoms with Gasteiger partial charge in [-0.3, -0.25) is 4.79 Å². The van der Waals surface area contributed by atoms with Gasteiger partial charge in [0.15, 0.2) is 0 Å². The summed E-state index contributed by atoms with van der Waals surface area (Å²) in [4.78, 5) is 14.4. The van der Waals surface area contributed by atoms with E-state index < -0.39 is 0 Å². The normalized spacial score (nSPS) is 17.9. The molecule has 1 saturated heterocycles. The van der Waals surface area contributed by atoms with Crippen LogP contribution in [0.5, 0.6) is 0 Å². The average Bonchev–Trinajstić information content (AvgIpc) is 3.05. The highest BCUT2D eigenvalue weighted by Crippen LogP contribution is 2.22. The second-order valence-electron chi connectivity index (χ2n) is 7.07. The molecule has 1 atom stereocenters. The molecular weight excluding hydrogens is 319 g/mol. The van der Waals surface area contributed by atoms with Crippen LogP contribution in [0.3, 0.4) is 0 Å². The Kier molecular flexibility index (Phi) is 5.46. The van der Waals surface area contributed by atoms with Crippen LogP contribution in [-0.4, -0.2) is 38.7 Å². The van der Waals surface area contributed by atoms with Crippen molar-refractivity contribution in [2.45, 2.75) is 45.6 Å². The summed E-state index contributed by atoms with van der Waals surface area (Å²) in [6.07, 6.45) is 4.77. The maximum absolute atomic E-state index is 13.8. The number of likely N-dealkylation sites (tertiary alicyclic amines) is 1. The third-order valence-electron chi connectivity index (χ3n) is 4.85. The predicted octanol–water partition coefficient (Wildman–Crippen LogP) is 3.02. The number of carbonyl (C=O) groups is 1. The first-order valence-electron chi connectivity index (χ1n) is 8.94. The Morgan fingerprint density at radius 1 is 1.36 bits per heavy atom. The van der Waals surface area contributed by atoms with Gasteiger partial charge in [0.25, 0.3) is 0 Å². The molecule has 134 valence electrons. The van der Waals surface area contributed by atoms with Crippen molar-refractivity contribution in [3.8, 4) is 0 Å². The maximum atomic E-state index is 13.8. The Bertz CT molecular complexity index is 728. The van der Waals surface area contributed by atoms with Crippen LogP contribution < -0.4 is 0 Å². The zero-order valence-corrected chi connectivity index (χ0v) is 14.9. The number of nitrogens with zero attached hydrogens (tertiary/aromatic N) is 4. The first-order valence-corrected chi connectivity index (χ1v) is 8.94. The Balaban J connectivity index is 1.62. The van der Waals surface area contributed by atoms with E-state index in [1.165, 1.54) is 6.07 Å². The molecule has 0 saturated carbocycles. The minimum atomic E-state index is -0.311. The molecule has 2 aromatic rings. The number of hydrogen-bond acceptors (Lipinski definition) is 3. The Morgan fingerprint density at radius 2 is 2.16 bits per heavy atom. The number of carbonyl (C=O) groups excluding carboxylic acids is 1. The molecule has 0 radical (unpaired) electrons. The molecule has 0 spiro atoms. The van der Waals surface area contributed by atoms with E-state index in [1.807, 2.05) is 4.90 Å². The van der Waals surface area contributed by atoms with Crippen molar-refractivity contribution in [3.63, 3.8) is 0 Å². The van der Waals surface area contributed by atoms with E-state index in [4.69, 9.17) is 0 Å². The van der Waals surface area contributed by atoms with Crippen LogP contribution >= 0.6 is 0 Å². The number of amides is 1. The van der Waals surface area contributed by atoms with Crippen molar-refractivity contribution in [1.82, 2.24) is 19.7 Å². The van der Waals surface area contributed by atoms with Crippen LogP contribution in [0, 0.1) is 11.7 Å². The lowest BCUT2D eigenvalue weighted by Crippen LogP contribution is -2.41. The van der Waals surface area contributed by atoms with Crippen LogP contribution in [0.25, 0.3) is 0 Å². The molecule has 3 rings (SSSR count). The number of benzene rings is 1. The van der Waals surface area contributed by atoms with Crippen molar-refractivity contribution < 1.29 is 9.18 Å². The molecule has 1 fully saturated rings. The molecule has 5 nitrogen and oxygen atoms in total. The van der Waals surface area contributed by atoms with Crippen molar-refractivity contribution in [3.05, 3.63) is 47.8 Å². The largest absolute Gasteiger partial charge is 0.342 e. The molecule has 1 aliphatic rings. The van der Waals surface area contributed by atoms with Crippen LogP contribution in [0.4, 0.5) is 4.39 Å². The standard InChI is InChI=1S/C19H25FN4O/c1-14(2)24-13-21-22-18(24)10-15-6-5-9-23(12-15)19(25)11-16-7-3-4-8-17(16)20/h3-4,7-8,13-15H,5-6,9-12H2,1-2H3. The van der Waals surface area contributed by atoms with Crippen LogP contribution in [0.2, 0.25) is 0 Å². The fraction of sp³-hybridized carbons (Fsp3) is 0.526. The van der Waals surface area contributed by atoms with Gasteiger partial charge in [-0.2, -0.15) is 0 Å². The van der Waals surface area contributed by atoms with Crippen molar-refractivity contribution >= 4 is 5.91 Å². The van der Waals surface area contributed by atoms with Crippen molar-refractivity contribution in [1.29, 1.82) is 0 Å². The molecule has 1 unspecified atom stereocenters. The Morgan fingerprint density at radius 3 is 2.92 bits per heavy atom. The highest BCUT2D eigenvalue weighted by molar-refractivity contribution is 5.78. The molecule has 0 N–H and O–H groups in total. The summed E-state index contributed by atoms with van der Waals surface area (Å²) in [5.74, 6) is 1.04. The smallest absolute Gasteiger partial charge is 0.227 e. The Hall–Kier alpha value is -2.24. The summed E-state index contributed by atoms with van der Waals surface area (Å²) in [6.45, 7) is 5.68. The quantitative estimate of drug-likeness (QED) is 0.838. The van der Waals surface area contributed by atoms with Gasteiger partial charge in [0.05, 0.1) is 6.42 Å². The lowest BCUT2D eigenvalue weighted by atomic mass is 9.94. The number of hydrogen-bond donors (Lipinski definition) is 0. The number of halogens is 1. The molecule has 1 aliphatic heterocycles. The van der Waals surface area contributed by atoms with Gasteiger partial charge in [0, 0.05) is 25.6 Å². The summed E-state index contributed by atoms with van der Waals surface area (Å²) in [5.41, 5.74) is 0.467. The molecule has 0 aliphatic carbocycles. The van der Waals surface area contributed by atoms with Crippen LogP contribution in [-0.2, 0) is 17.6 Å². The molecule has 1 amide bonds. The fourth-order valence-electron chi connectivity index (χ4n) is 3.48. The van der Waals surface area contributed by atoms with Gasteiger partial charge in [0.1, 0.15) is 18.0 Å². The van der Waals surface area contributed by atoms with Crippen molar-refractivity contribution in [2.75, 3.05) is 13.1 Å².